The molecule has 0 spiro atoms. The van der Waals surface area contributed by atoms with E-state index in [2.05, 4.69) is 17.6 Å². The molecule has 0 radical (unpaired) electrons. The summed E-state index contributed by atoms with van der Waals surface area (Å²) in [5, 5.41) is 15.5. The normalized spacial score (nSPS) is 16.4. The average molecular weight is 288 g/mol. The Balaban J connectivity index is 4.14. The fraction of sp³-hybridized carbons (Fsp3) is 0.933. The van der Waals surface area contributed by atoms with Gasteiger partial charge in [0.15, 0.2) is 0 Å². The van der Waals surface area contributed by atoms with E-state index >= 15 is 0 Å². The minimum atomic E-state index is -0.479. The smallest absolute Gasteiger partial charge is 0.407 e. The number of carbonyl (C=O) groups is 1. The van der Waals surface area contributed by atoms with Crippen LogP contribution in [0.1, 0.15) is 54.4 Å². The van der Waals surface area contributed by atoms with Crippen molar-refractivity contribution in [2.45, 2.75) is 66.0 Å². The van der Waals surface area contributed by atoms with Crippen molar-refractivity contribution in [3.05, 3.63) is 0 Å². The molecular formula is C15H32N2O3. The van der Waals surface area contributed by atoms with Crippen molar-refractivity contribution < 1.29 is 14.6 Å². The molecule has 0 aliphatic heterocycles. The highest BCUT2D eigenvalue weighted by Gasteiger charge is 2.22. The van der Waals surface area contributed by atoms with Gasteiger partial charge in [-0.3, -0.25) is 0 Å². The number of nitrogens with one attached hydrogen (secondary N) is 2. The number of aliphatic hydroxyl groups is 1. The summed E-state index contributed by atoms with van der Waals surface area (Å²) in [6, 6.07) is 0.0321. The van der Waals surface area contributed by atoms with Crippen LogP contribution >= 0.6 is 0 Å². The maximum atomic E-state index is 11.7. The first-order chi connectivity index (χ1) is 9.15. The van der Waals surface area contributed by atoms with Gasteiger partial charge in [0.2, 0.25) is 0 Å². The first-order valence-electron chi connectivity index (χ1n) is 7.47. The van der Waals surface area contributed by atoms with Crippen LogP contribution in [0.4, 0.5) is 4.79 Å². The molecule has 20 heavy (non-hydrogen) atoms. The van der Waals surface area contributed by atoms with E-state index < -0.39 is 5.60 Å². The van der Waals surface area contributed by atoms with Crippen molar-refractivity contribution in [3.8, 4) is 0 Å². The van der Waals surface area contributed by atoms with Crippen LogP contribution in [-0.2, 0) is 4.74 Å². The van der Waals surface area contributed by atoms with Crippen molar-refractivity contribution in [1.29, 1.82) is 0 Å². The molecule has 0 fully saturated rings. The Hall–Kier alpha value is -0.810. The van der Waals surface area contributed by atoms with Crippen LogP contribution in [0.2, 0.25) is 0 Å². The largest absolute Gasteiger partial charge is 0.444 e. The Kier molecular flexibility index (Phi) is 8.13. The Morgan fingerprint density at radius 1 is 1.25 bits per heavy atom. The molecule has 0 aromatic heterocycles. The third-order valence-corrected chi connectivity index (χ3v) is 3.39. The highest BCUT2D eigenvalue weighted by molar-refractivity contribution is 5.68. The highest BCUT2D eigenvalue weighted by atomic mass is 16.6. The first kappa shape index (κ1) is 19.2. The summed E-state index contributed by atoms with van der Waals surface area (Å²) >= 11 is 0. The zero-order chi connectivity index (χ0) is 15.8. The van der Waals surface area contributed by atoms with Crippen molar-refractivity contribution >= 4 is 6.09 Å². The van der Waals surface area contributed by atoms with Gasteiger partial charge < -0.3 is 20.5 Å². The second-order valence-electron chi connectivity index (χ2n) is 6.70. The number of amides is 1. The Morgan fingerprint density at radius 2 is 1.85 bits per heavy atom. The fourth-order valence-electron chi connectivity index (χ4n) is 1.61. The predicted molar refractivity (Wildman–Crippen MR) is 81.8 cm³/mol. The average Bonchev–Trinajstić information content (AvgIpc) is 2.35. The molecule has 0 aromatic carbocycles. The van der Waals surface area contributed by atoms with Gasteiger partial charge in [-0.2, -0.15) is 0 Å². The summed E-state index contributed by atoms with van der Waals surface area (Å²) in [7, 11) is 0. The molecule has 120 valence electrons. The van der Waals surface area contributed by atoms with Crippen LogP contribution in [0.25, 0.3) is 0 Å². The van der Waals surface area contributed by atoms with E-state index in [0.717, 1.165) is 19.4 Å². The third-order valence-electron chi connectivity index (χ3n) is 3.39. The molecular weight excluding hydrogens is 256 g/mol. The quantitative estimate of drug-likeness (QED) is 0.641. The monoisotopic (exact) mass is 288 g/mol. The maximum absolute atomic E-state index is 11.7. The summed E-state index contributed by atoms with van der Waals surface area (Å²) < 4.78 is 5.24. The Bertz CT molecular complexity index is 283. The molecule has 0 aliphatic carbocycles. The Morgan fingerprint density at radius 3 is 2.25 bits per heavy atom. The lowest BCUT2D eigenvalue weighted by Gasteiger charge is -2.28. The van der Waals surface area contributed by atoms with Crippen LogP contribution in [0.3, 0.4) is 0 Å². The summed E-state index contributed by atoms with van der Waals surface area (Å²) in [6.07, 6.45) is 1.35. The molecule has 2 atom stereocenters. The number of aliphatic hydroxyl groups excluding tert-OH is 1. The van der Waals surface area contributed by atoms with E-state index in [1.165, 1.54) is 0 Å². The number of hydrogen-bond donors (Lipinski definition) is 3. The topological polar surface area (TPSA) is 70.6 Å². The van der Waals surface area contributed by atoms with Crippen molar-refractivity contribution in [2.24, 2.45) is 5.41 Å². The van der Waals surface area contributed by atoms with Gasteiger partial charge in [-0.15, -0.1) is 0 Å². The summed E-state index contributed by atoms with van der Waals surface area (Å²) in [6.45, 7) is 13.2. The number of carbonyl (C=O) groups excluding carboxylic acids is 1. The van der Waals surface area contributed by atoms with Crippen molar-refractivity contribution in [2.75, 3.05) is 19.7 Å². The van der Waals surface area contributed by atoms with Gasteiger partial charge in [0.25, 0.3) is 0 Å². The van der Waals surface area contributed by atoms with Crippen molar-refractivity contribution in [3.63, 3.8) is 0 Å². The summed E-state index contributed by atoms with van der Waals surface area (Å²) in [4.78, 5) is 11.7. The first-order valence-corrected chi connectivity index (χ1v) is 7.47. The van der Waals surface area contributed by atoms with Crippen LogP contribution in [0.15, 0.2) is 0 Å². The van der Waals surface area contributed by atoms with Gasteiger partial charge in [-0.05, 0) is 33.6 Å². The number of rotatable bonds is 8. The lowest BCUT2D eigenvalue weighted by Crippen LogP contribution is -2.46. The van der Waals surface area contributed by atoms with E-state index in [-0.39, 0.29) is 24.2 Å². The second kappa shape index (κ2) is 8.47. The molecule has 0 aromatic rings. The molecule has 0 saturated carbocycles. The maximum Gasteiger partial charge on any atom is 0.407 e. The number of ether oxygens (including phenoxy) is 1. The lowest BCUT2D eigenvalue weighted by atomic mass is 9.88. The second-order valence-corrected chi connectivity index (χ2v) is 6.70. The standard InChI is InChI=1S/C15H32N2O3/c1-7-12(17-13(19)20-14(3,4)5)9-16-10-15(6,8-2)11-18/h12,16,18H,7-11H2,1-6H3,(H,17,19). The minimum absolute atomic E-state index is 0.0321. The van der Waals surface area contributed by atoms with E-state index in [4.69, 9.17) is 4.74 Å². The highest BCUT2D eigenvalue weighted by Crippen LogP contribution is 2.18. The molecule has 0 saturated heterocycles. The number of hydrogen-bond acceptors (Lipinski definition) is 4. The number of alkyl carbamates (subject to hydrolysis) is 1. The molecule has 2 unspecified atom stereocenters. The van der Waals surface area contributed by atoms with Crippen LogP contribution in [-0.4, -0.2) is 42.5 Å². The summed E-state index contributed by atoms with van der Waals surface area (Å²) in [5.74, 6) is 0. The SMILES string of the molecule is CCC(CNCC(C)(CC)CO)NC(=O)OC(C)(C)C. The molecule has 0 aliphatic rings. The van der Waals surface area contributed by atoms with Gasteiger partial charge in [-0.1, -0.05) is 20.8 Å². The minimum Gasteiger partial charge on any atom is -0.444 e. The van der Waals surface area contributed by atoms with E-state index in [0.29, 0.717) is 6.54 Å². The van der Waals surface area contributed by atoms with Gasteiger partial charge in [0.05, 0.1) is 0 Å². The van der Waals surface area contributed by atoms with Crippen LogP contribution in [0.5, 0.6) is 0 Å². The van der Waals surface area contributed by atoms with Gasteiger partial charge >= 0.3 is 6.09 Å². The van der Waals surface area contributed by atoms with E-state index in [9.17, 15) is 9.90 Å². The lowest BCUT2D eigenvalue weighted by molar-refractivity contribution is 0.0501. The molecule has 0 heterocycles. The van der Waals surface area contributed by atoms with Crippen LogP contribution in [0, 0.1) is 5.41 Å². The van der Waals surface area contributed by atoms with Gasteiger partial charge in [-0.25, -0.2) is 4.79 Å². The molecule has 0 bridgehead atoms. The predicted octanol–water partition coefficient (Wildman–Crippen LogP) is 2.29. The molecule has 0 rings (SSSR count). The Labute approximate surface area is 123 Å². The van der Waals surface area contributed by atoms with Crippen LogP contribution < -0.4 is 10.6 Å². The zero-order valence-electron chi connectivity index (χ0n) is 13.9. The zero-order valence-corrected chi connectivity index (χ0v) is 13.9. The molecule has 1 amide bonds. The molecule has 3 N–H and O–H groups in total. The third kappa shape index (κ3) is 8.38. The van der Waals surface area contributed by atoms with E-state index in [1.807, 2.05) is 34.6 Å². The van der Waals surface area contributed by atoms with Crippen molar-refractivity contribution in [1.82, 2.24) is 10.6 Å². The van der Waals surface area contributed by atoms with Gasteiger partial charge in [0.1, 0.15) is 5.60 Å². The molecule has 5 nitrogen and oxygen atoms in total. The molecule has 5 heteroatoms. The van der Waals surface area contributed by atoms with E-state index in [1.54, 1.807) is 0 Å². The summed E-state index contributed by atoms with van der Waals surface area (Å²) in [5.41, 5.74) is -0.586. The fourth-order valence-corrected chi connectivity index (χ4v) is 1.61. The van der Waals surface area contributed by atoms with Gasteiger partial charge in [0, 0.05) is 31.2 Å².